The van der Waals surface area contributed by atoms with E-state index >= 15 is 8.63 Å². The quantitative estimate of drug-likeness (QED) is 0.126. The number of halogens is 2. The summed E-state index contributed by atoms with van der Waals surface area (Å²) in [4.78, 5) is 30.3. The molecule has 10 nitrogen and oxygen atoms in total. The molecule has 1 aromatic heterocycles. The number of carbonyl (C=O) groups is 2. The van der Waals surface area contributed by atoms with Crippen molar-refractivity contribution in [1.82, 2.24) is 20.0 Å². The summed E-state index contributed by atoms with van der Waals surface area (Å²) in [5.41, 5.74) is 10.9. The summed E-state index contributed by atoms with van der Waals surface area (Å²) in [5.74, 6) is -0.675. The van der Waals surface area contributed by atoms with Crippen molar-refractivity contribution >= 4 is 30.6 Å². The molecule has 3 heterocycles. The minimum Gasteiger partial charge on any atom is -0.394 e. The third-order valence-corrected chi connectivity index (χ3v) is 6.81. The van der Waals surface area contributed by atoms with E-state index in [9.17, 15) is 9.59 Å². The maximum absolute atomic E-state index is 15.6. The Labute approximate surface area is 222 Å². The van der Waals surface area contributed by atoms with Crippen molar-refractivity contribution in [3.63, 3.8) is 0 Å². The third-order valence-electron chi connectivity index (χ3n) is 6.81. The number of allylic oxidation sites excluding steroid dienone is 2. The van der Waals surface area contributed by atoms with E-state index in [2.05, 4.69) is 25.6 Å². The molecule has 0 saturated carbocycles. The maximum atomic E-state index is 15.6. The lowest BCUT2D eigenvalue weighted by Crippen LogP contribution is -2.50. The molecule has 0 aromatic carbocycles. The van der Waals surface area contributed by atoms with E-state index in [1.165, 1.54) is 0 Å². The maximum Gasteiger partial charge on any atom is 0.737 e. The molecule has 13 heteroatoms. The summed E-state index contributed by atoms with van der Waals surface area (Å²) >= 11 is 0. The van der Waals surface area contributed by atoms with E-state index in [1.54, 1.807) is 31.2 Å². The van der Waals surface area contributed by atoms with Gasteiger partial charge in [0.25, 0.3) is 0 Å². The number of fused-ring (bicyclic) bond motifs is 2. The first-order valence-electron chi connectivity index (χ1n) is 13.0. The summed E-state index contributed by atoms with van der Waals surface area (Å²) < 4.78 is 33.3. The molecule has 2 aliphatic heterocycles. The van der Waals surface area contributed by atoms with Crippen LogP contribution in [0, 0.1) is 13.8 Å². The highest BCUT2D eigenvalue weighted by Crippen LogP contribution is 2.34. The van der Waals surface area contributed by atoms with Gasteiger partial charge in [-0.1, -0.05) is 5.11 Å². The first-order chi connectivity index (χ1) is 18.1. The molecule has 2 aliphatic rings. The Kier molecular flexibility index (Phi) is 9.87. The van der Waals surface area contributed by atoms with E-state index in [4.69, 9.17) is 5.53 Å². The van der Waals surface area contributed by atoms with E-state index < -0.39 is 13.0 Å². The van der Waals surface area contributed by atoms with Crippen LogP contribution in [0.2, 0.25) is 0 Å². The van der Waals surface area contributed by atoms with Gasteiger partial charge in [-0.15, -0.1) is 0 Å². The van der Waals surface area contributed by atoms with Gasteiger partial charge in [-0.2, -0.15) is 0 Å². The Bertz CT molecular complexity index is 1200. The molecule has 0 radical (unpaired) electrons. The highest BCUT2D eigenvalue weighted by molar-refractivity contribution is 6.58. The van der Waals surface area contributed by atoms with Gasteiger partial charge in [0.05, 0.1) is 0 Å². The third kappa shape index (κ3) is 6.90. The number of hydrogen-bond acceptors (Lipinski definition) is 4. The Morgan fingerprint density at radius 1 is 1.24 bits per heavy atom. The second kappa shape index (κ2) is 12.9. The van der Waals surface area contributed by atoms with Crippen molar-refractivity contribution in [2.24, 2.45) is 5.11 Å². The van der Waals surface area contributed by atoms with E-state index in [1.807, 2.05) is 21.0 Å². The second-order valence-electron chi connectivity index (χ2n) is 10.1. The highest BCUT2D eigenvalue weighted by Gasteiger charge is 2.52. The van der Waals surface area contributed by atoms with E-state index in [0.29, 0.717) is 42.2 Å². The fourth-order valence-corrected chi connectivity index (χ4v) is 4.98. The lowest BCUT2D eigenvalue weighted by atomic mass is 9.90. The molecule has 0 unspecified atom stereocenters. The van der Waals surface area contributed by atoms with Crippen molar-refractivity contribution in [2.45, 2.75) is 58.4 Å². The van der Waals surface area contributed by atoms with Crippen molar-refractivity contribution in [3.8, 4) is 0 Å². The average Bonchev–Trinajstić information content (AvgIpc) is 3.40. The number of nitrogens with zero attached hydrogens (tertiary/aromatic N) is 6. The van der Waals surface area contributed by atoms with Crippen LogP contribution in [0.5, 0.6) is 0 Å². The van der Waals surface area contributed by atoms with Crippen LogP contribution in [-0.2, 0) is 9.59 Å². The van der Waals surface area contributed by atoms with E-state index in [0.717, 1.165) is 33.9 Å². The smallest absolute Gasteiger partial charge is 0.394 e. The Hall–Kier alpha value is -3.44. The summed E-state index contributed by atoms with van der Waals surface area (Å²) in [6.07, 6.45) is 7.71. The zero-order valence-electron chi connectivity index (χ0n) is 22.6. The standard InChI is InChI=1S/C25H37BF2N8O2/c1-18-16-19(2)35-23(18)17-21-10-9-20(36(21)26(35,27)28)11-12-24(37)32-22(8-5-6-15-34(3)4)25(38)30-13-7-14-31-33-29/h9-10,16-17,22H,5-8,11-15H2,1-4H3,(H,30,38)(H,32,37)/t22-/m0/s1. The molecule has 1 atom stereocenters. The first kappa shape index (κ1) is 29.1. The molecule has 0 saturated heterocycles. The monoisotopic (exact) mass is 530 g/mol. The molecule has 206 valence electrons. The van der Waals surface area contributed by atoms with Gasteiger partial charge in [-0.3, -0.25) is 9.59 Å². The van der Waals surface area contributed by atoms with Gasteiger partial charge in [0.15, 0.2) is 5.70 Å². The van der Waals surface area contributed by atoms with Crippen LogP contribution in [0.1, 0.15) is 55.5 Å². The summed E-state index contributed by atoms with van der Waals surface area (Å²) in [5, 5.41) is 9.02. The molecule has 0 fully saturated rings. The molecule has 0 bridgehead atoms. The van der Waals surface area contributed by atoms with Gasteiger partial charge in [0.1, 0.15) is 11.8 Å². The van der Waals surface area contributed by atoms with Crippen LogP contribution in [-0.4, -0.2) is 78.1 Å². The number of unbranched alkanes of at least 4 members (excludes halogenated alkanes) is 1. The Morgan fingerprint density at radius 2 is 2.00 bits per heavy atom. The van der Waals surface area contributed by atoms with Crippen LogP contribution >= 0.6 is 0 Å². The molecule has 2 amide bonds. The zero-order chi connectivity index (χ0) is 27.9. The summed E-state index contributed by atoms with van der Waals surface area (Å²) in [6.45, 7) is 0.860. The van der Waals surface area contributed by atoms with Gasteiger partial charge in [-0.05, 0) is 83.0 Å². The SMILES string of the molecule is Cc1cc(C)n2c1C=C1C=CC(CCC(=O)N[C@@H](CCCCN(C)C)C(=O)NCCCN=[N+]=[N-])=[N+]1[B-]2(F)F. The molecule has 0 aliphatic carbocycles. The van der Waals surface area contributed by atoms with Crippen LogP contribution in [0.3, 0.4) is 0 Å². The fourth-order valence-electron chi connectivity index (χ4n) is 4.98. The lowest BCUT2D eigenvalue weighted by Gasteiger charge is -2.30. The van der Waals surface area contributed by atoms with Gasteiger partial charge < -0.3 is 33.1 Å². The predicted octanol–water partition coefficient (Wildman–Crippen LogP) is 3.52. The van der Waals surface area contributed by atoms with Gasteiger partial charge in [0.2, 0.25) is 11.8 Å². The minimum atomic E-state index is -4.09. The normalized spacial score (nSPS) is 16.0. The number of rotatable bonds is 14. The van der Waals surface area contributed by atoms with Gasteiger partial charge in [0, 0.05) is 54.8 Å². The molecular weight excluding hydrogens is 493 g/mol. The molecule has 0 spiro atoms. The number of azide groups is 1. The van der Waals surface area contributed by atoms with Crippen LogP contribution < -0.4 is 10.6 Å². The average molecular weight is 530 g/mol. The topological polar surface area (TPSA) is 118 Å². The number of aromatic nitrogens is 1. The number of carbonyl (C=O) groups excluding carboxylic acids is 2. The lowest BCUT2D eigenvalue weighted by molar-refractivity contribution is -0.362. The zero-order valence-corrected chi connectivity index (χ0v) is 22.6. The second-order valence-corrected chi connectivity index (χ2v) is 10.1. The van der Waals surface area contributed by atoms with E-state index in [-0.39, 0.29) is 31.2 Å². The van der Waals surface area contributed by atoms with Crippen LogP contribution in [0.25, 0.3) is 16.5 Å². The minimum absolute atomic E-state index is 0.0233. The summed E-state index contributed by atoms with van der Waals surface area (Å²) in [7, 11) is 3.94. The molecule has 38 heavy (non-hydrogen) atoms. The Balaban J connectivity index is 1.64. The fraction of sp³-hybridized carbons (Fsp3) is 0.560. The molecule has 2 N–H and O–H groups in total. The van der Waals surface area contributed by atoms with Crippen LogP contribution in [0.4, 0.5) is 8.63 Å². The highest BCUT2D eigenvalue weighted by atomic mass is 19.2. The van der Waals surface area contributed by atoms with Gasteiger partial charge >= 0.3 is 6.97 Å². The summed E-state index contributed by atoms with van der Waals surface area (Å²) in [6, 6.07) is 1.03. The van der Waals surface area contributed by atoms with Crippen molar-refractivity contribution in [3.05, 3.63) is 51.3 Å². The van der Waals surface area contributed by atoms with Crippen molar-refractivity contribution < 1.29 is 22.7 Å². The number of amides is 2. The first-order valence-corrected chi connectivity index (χ1v) is 13.0. The van der Waals surface area contributed by atoms with Crippen molar-refractivity contribution in [1.29, 1.82) is 0 Å². The molecular formula is C25H37BF2N8O2. The predicted molar refractivity (Wildman–Crippen MR) is 145 cm³/mol. The Morgan fingerprint density at radius 3 is 2.71 bits per heavy atom. The number of hydrogen-bond donors (Lipinski definition) is 2. The molecule has 3 rings (SSSR count). The number of aryl methyl sites for hydroxylation is 2. The van der Waals surface area contributed by atoms with Crippen LogP contribution in [0.15, 0.2) is 29.0 Å². The largest absolute Gasteiger partial charge is 0.737 e. The van der Waals surface area contributed by atoms with Gasteiger partial charge in [-0.25, -0.2) is 0 Å². The van der Waals surface area contributed by atoms with Crippen molar-refractivity contribution in [2.75, 3.05) is 33.7 Å². The number of nitrogens with one attached hydrogen (secondary N) is 2. The molecule has 1 aromatic rings.